The number of carboxylic acids is 1. The lowest BCUT2D eigenvalue weighted by Crippen LogP contribution is -2.21. The summed E-state index contributed by atoms with van der Waals surface area (Å²) in [5, 5.41) is 18.2. The van der Waals surface area contributed by atoms with Gasteiger partial charge in [0.15, 0.2) is 0 Å². The number of aliphatic hydroxyl groups is 1. The third-order valence-electron chi connectivity index (χ3n) is 2.17. The quantitative estimate of drug-likeness (QED) is 0.622. The van der Waals surface area contributed by atoms with Crippen LogP contribution in [0.3, 0.4) is 0 Å². The Morgan fingerprint density at radius 3 is 2.33 bits per heavy atom. The van der Waals surface area contributed by atoms with Crippen LogP contribution in [0.2, 0.25) is 0 Å². The molecule has 2 N–H and O–H groups in total. The molecule has 4 nitrogen and oxygen atoms in total. The Morgan fingerprint density at radius 2 is 1.89 bits per heavy atom. The smallest absolute Gasteiger partial charge is 0.331 e. The molecule has 0 spiro atoms. The predicted octanol–water partition coefficient (Wildman–Crippen LogP) is 2.37. The molecule has 0 unspecified atom stereocenters. The monoisotopic (exact) mass is 250 g/mol. The third kappa shape index (κ3) is 5.50. The van der Waals surface area contributed by atoms with E-state index in [1.54, 1.807) is 32.9 Å². The molecule has 0 heterocycles. The van der Waals surface area contributed by atoms with E-state index in [0.29, 0.717) is 17.9 Å². The number of hydrogen-bond donors (Lipinski definition) is 2. The molecule has 1 rings (SSSR count). The first-order valence-electron chi connectivity index (χ1n) is 5.67. The van der Waals surface area contributed by atoms with Crippen LogP contribution in [-0.2, 0) is 11.2 Å². The maximum Gasteiger partial charge on any atom is 0.331 e. The lowest BCUT2D eigenvalue weighted by Gasteiger charge is -2.17. The summed E-state index contributed by atoms with van der Waals surface area (Å²) in [5.74, 6) is -0.145. The number of benzene rings is 1. The Labute approximate surface area is 107 Å². The number of carbonyl (C=O) groups is 1. The maximum absolute atomic E-state index is 10.4. The zero-order valence-electron chi connectivity index (χ0n) is 10.8. The molecule has 0 fully saturated rings. The number of rotatable bonds is 5. The van der Waals surface area contributed by atoms with Gasteiger partial charge in [-0.2, -0.15) is 0 Å². The summed E-state index contributed by atoms with van der Waals surface area (Å²) in [6.07, 6.45) is 1.56. The number of aliphatic carboxylic acids is 1. The van der Waals surface area contributed by atoms with Gasteiger partial charge in [0.2, 0.25) is 0 Å². The molecule has 1 aromatic rings. The highest BCUT2D eigenvalue weighted by molar-refractivity contribution is 5.80. The summed E-state index contributed by atoms with van der Waals surface area (Å²) in [7, 11) is 0. The number of allylic oxidation sites excluding steroid dienone is 1. The predicted molar refractivity (Wildman–Crippen MR) is 68.5 cm³/mol. The van der Waals surface area contributed by atoms with Crippen molar-refractivity contribution in [3.8, 4) is 5.75 Å². The summed E-state index contributed by atoms with van der Waals surface area (Å²) in [5.41, 5.74) is 0.247. The second-order valence-electron chi connectivity index (χ2n) is 4.83. The Bertz CT molecular complexity index is 438. The van der Waals surface area contributed by atoms with Gasteiger partial charge in [-0.15, -0.1) is 0 Å². The molecule has 0 amide bonds. The molecule has 0 bridgehead atoms. The van der Waals surface area contributed by atoms with E-state index in [1.165, 1.54) is 0 Å². The van der Waals surface area contributed by atoms with Crippen molar-refractivity contribution >= 4 is 5.97 Å². The Balaban J connectivity index is 2.69. The first-order valence-corrected chi connectivity index (χ1v) is 5.67. The third-order valence-corrected chi connectivity index (χ3v) is 2.17. The van der Waals surface area contributed by atoms with Crippen LogP contribution in [0, 0.1) is 0 Å². The van der Waals surface area contributed by atoms with Crippen LogP contribution in [0.5, 0.6) is 5.75 Å². The van der Waals surface area contributed by atoms with Crippen LogP contribution in [0.4, 0.5) is 0 Å². The Kier molecular flexibility index (Phi) is 4.50. The standard InChI is InChI=1S/C14H18O4/c1-10(8-13(15)16)18-12-6-4-11(5-7-12)9-14(2,3)17/h4-8,17H,9H2,1-3H3,(H,15,16)/b10-8+. The van der Waals surface area contributed by atoms with Crippen LogP contribution in [0.1, 0.15) is 26.3 Å². The van der Waals surface area contributed by atoms with E-state index in [0.717, 1.165) is 11.6 Å². The van der Waals surface area contributed by atoms with Crippen molar-refractivity contribution in [1.29, 1.82) is 0 Å². The van der Waals surface area contributed by atoms with E-state index in [4.69, 9.17) is 9.84 Å². The summed E-state index contributed by atoms with van der Waals surface area (Å²) >= 11 is 0. The normalized spacial score (nSPS) is 12.3. The molecule has 0 saturated carbocycles. The van der Waals surface area contributed by atoms with Gasteiger partial charge in [-0.1, -0.05) is 12.1 Å². The molecule has 0 radical (unpaired) electrons. The van der Waals surface area contributed by atoms with Crippen molar-refractivity contribution in [3.05, 3.63) is 41.7 Å². The lowest BCUT2D eigenvalue weighted by molar-refractivity contribution is -0.131. The molecule has 18 heavy (non-hydrogen) atoms. The molecule has 0 aliphatic carbocycles. The summed E-state index contributed by atoms with van der Waals surface area (Å²) < 4.78 is 5.33. The fraction of sp³-hybridized carbons (Fsp3) is 0.357. The second-order valence-corrected chi connectivity index (χ2v) is 4.83. The van der Waals surface area contributed by atoms with E-state index in [9.17, 15) is 9.90 Å². The van der Waals surface area contributed by atoms with E-state index in [1.807, 2.05) is 12.1 Å². The number of carboxylic acid groups (broad SMARTS) is 1. The van der Waals surface area contributed by atoms with Crippen molar-refractivity contribution < 1.29 is 19.7 Å². The second kappa shape index (κ2) is 5.69. The van der Waals surface area contributed by atoms with Gasteiger partial charge in [0.25, 0.3) is 0 Å². The first-order chi connectivity index (χ1) is 8.26. The molecule has 0 aliphatic heterocycles. The van der Waals surface area contributed by atoms with Gasteiger partial charge >= 0.3 is 5.97 Å². The number of hydrogen-bond acceptors (Lipinski definition) is 3. The van der Waals surface area contributed by atoms with E-state index in [2.05, 4.69) is 0 Å². The minimum absolute atomic E-state index is 0.317. The topological polar surface area (TPSA) is 66.8 Å². The van der Waals surface area contributed by atoms with Gasteiger partial charge in [0.1, 0.15) is 11.5 Å². The summed E-state index contributed by atoms with van der Waals surface area (Å²) in [4.78, 5) is 10.4. The fourth-order valence-electron chi connectivity index (χ4n) is 1.56. The highest BCUT2D eigenvalue weighted by atomic mass is 16.5. The first kappa shape index (κ1) is 14.3. The summed E-state index contributed by atoms with van der Waals surface area (Å²) in [6.45, 7) is 5.08. The van der Waals surface area contributed by atoms with Gasteiger partial charge < -0.3 is 14.9 Å². The average molecular weight is 250 g/mol. The zero-order valence-corrected chi connectivity index (χ0v) is 10.8. The van der Waals surface area contributed by atoms with Crippen molar-refractivity contribution in [2.75, 3.05) is 0 Å². The van der Waals surface area contributed by atoms with E-state index >= 15 is 0 Å². The summed E-state index contributed by atoms with van der Waals surface area (Å²) in [6, 6.07) is 7.20. The van der Waals surface area contributed by atoms with E-state index in [-0.39, 0.29) is 0 Å². The SMILES string of the molecule is C/C(=C\C(=O)O)Oc1ccc(CC(C)(C)O)cc1. The fourth-order valence-corrected chi connectivity index (χ4v) is 1.56. The van der Waals surface area contributed by atoms with Crippen molar-refractivity contribution in [1.82, 2.24) is 0 Å². The van der Waals surface area contributed by atoms with Crippen LogP contribution in [0.25, 0.3) is 0 Å². The highest BCUT2D eigenvalue weighted by Crippen LogP contribution is 2.18. The molecule has 0 atom stereocenters. The van der Waals surface area contributed by atoms with Gasteiger partial charge in [0, 0.05) is 6.42 Å². The van der Waals surface area contributed by atoms with Gasteiger partial charge in [0.05, 0.1) is 11.7 Å². The minimum Gasteiger partial charge on any atom is -0.478 e. The average Bonchev–Trinajstić information content (AvgIpc) is 2.17. The lowest BCUT2D eigenvalue weighted by atomic mass is 9.99. The Hall–Kier alpha value is -1.81. The van der Waals surface area contributed by atoms with Crippen molar-refractivity contribution in [3.63, 3.8) is 0 Å². The van der Waals surface area contributed by atoms with Gasteiger partial charge in [-0.3, -0.25) is 0 Å². The molecule has 1 aromatic carbocycles. The van der Waals surface area contributed by atoms with Crippen molar-refractivity contribution in [2.45, 2.75) is 32.8 Å². The molecule has 4 heteroatoms. The largest absolute Gasteiger partial charge is 0.478 e. The molecule has 98 valence electrons. The van der Waals surface area contributed by atoms with Crippen LogP contribution in [0.15, 0.2) is 36.1 Å². The zero-order chi connectivity index (χ0) is 13.8. The maximum atomic E-state index is 10.4. The van der Waals surface area contributed by atoms with Crippen LogP contribution >= 0.6 is 0 Å². The van der Waals surface area contributed by atoms with Crippen LogP contribution < -0.4 is 4.74 Å². The minimum atomic E-state index is -1.04. The molecule has 0 aromatic heterocycles. The highest BCUT2D eigenvalue weighted by Gasteiger charge is 2.13. The van der Waals surface area contributed by atoms with Crippen LogP contribution in [-0.4, -0.2) is 21.8 Å². The molecular formula is C14H18O4. The van der Waals surface area contributed by atoms with E-state index < -0.39 is 11.6 Å². The number of ether oxygens (including phenoxy) is 1. The molecule has 0 aliphatic rings. The Morgan fingerprint density at radius 1 is 1.33 bits per heavy atom. The van der Waals surface area contributed by atoms with Gasteiger partial charge in [-0.25, -0.2) is 4.79 Å². The van der Waals surface area contributed by atoms with Crippen molar-refractivity contribution in [2.24, 2.45) is 0 Å². The molecular weight excluding hydrogens is 232 g/mol. The van der Waals surface area contributed by atoms with Gasteiger partial charge in [-0.05, 0) is 38.5 Å². The molecule has 0 saturated heterocycles.